The molecule has 1 heterocycles. The van der Waals surface area contributed by atoms with E-state index in [0.29, 0.717) is 23.3 Å². The number of fused-ring (bicyclic) bond motifs is 1. The summed E-state index contributed by atoms with van der Waals surface area (Å²) in [5.74, 6) is -0.304. The average Bonchev–Trinajstić information content (AvgIpc) is 2.66. The normalized spacial score (nSPS) is 13.0. The SMILES string of the molecule is C=C/C(=C\N=CC)C(=O)Nc1ccc2c(c1)B(O)OCC2.CC.CC. The van der Waals surface area contributed by atoms with Crippen molar-refractivity contribution in [2.75, 3.05) is 11.9 Å². The van der Waals surface area contributed by atoms with Crippen molar-refractivity contribution in [2.45, 2.75) is 41.0 Å². The molecule has 2 rings (SSSR count). The third-order valence-corrected chi connectivity index (χ3v) is 3.16. The van der Waals surface area contributed by atoms with Gasteiger partial charge in [-0.3, -0.25) is 9.79 Å². The standard InChI is InChI=1S/C15H17BN2O3.2C2H6/c1-3-11(10-17-4-2)15(19)18-13-6-5-12-7-8-21-16(20)14(12)9-13;2*1-2/h3-6,9-10,20H,1,7-8H2,2H3,(H,18,19);2*1-2H3/b11-10+,17-4?;;. The van der Waals surface area contributed by atoms with E-state index in [1.54, 1.807) is 25.3 Å². The summed E-state index contributed by atoms with van der Waals surface area (Å²) < 4.78 is 5.18. The maximum Gasteiger partial charge on any atom is 0.491 e. The van der Waals surface area contributed by atoms with Crippen LogP contribution in [0.25, 0.3) is 0 Å². The summed E-state index contributed by atoms with van der Waals surface area (Å²) in [5, 5.41) is 12.6. The van der Waals surface area contributed by atoms with Crippen LogP contribution >= 0.6 is 0 Å². The third-order valence-electron chi connectivity index (χ3n) is 3.16. The Balaban J connectivity index is 0.00000134. The average molecular weight is 344 g/mol. The molecule has 0 saturated carbocycles. The van der Waals surface area contributed by atoms with Crippen LogP contribution in [0.2, 0.25) is 0 Å². The Morgan fingerprint density at radius 3 is 2.64 bits per heavy atom. The van der Waals surface area contributed by atoms with Crippen LogP contribution in [0.15, 0.2) is 47.6 Å². The van der Waals surface area contributed by atoms with Gasteiger partial charge in [0, 0.05) is 24.7 Å². The van der Waals surface area contributed by atoms with Gasteiger partial charge < -0.3 is 15.0 Å². The van der Waals surface area contributed by atoms with Gasteiger partial charge in [-0.1, -0.05) is 46.4 Å². The number of nitrogens with one attached hydrogen (secondary N) is 1. The Morgan fingerprint density at radius 2 is 2.04 bits per heavy atom. The molecule has 25 heavy (non-hydrogen) atoms. The van der Waals surface area contributed by atoms with Crippen LogP contribution in [-0.2, 0) is 15.9 Å². The van der Waals surface area contributed by atoms with Gasteiger partial charge in [-0.2, -0.15) is 0 Å². The van der Waals surface area contributed by atoms with E-state index in [1.807, 2.05) is 33.8 Å². The van der Waals surface area contributed by atoms with Gasteiger partial charge in [0.1, 0.15) is 0 Å². The Kier molecular flexibility index (Phi) is 12.0. The summed E-state index contributed by atoms with van der Waals surface area (Å²) in [4.78, 5) is 16.0. The van der Waals surface area contributed by atoms with Crippen molar-refractivity contribution in [3.8, 4) is 0 Å². The van der Waals surface area contributed by atoms with Crippen LogP contribution < -0.4 is 10.8 Å². The monoisotopic (exact) mass is 344 g/mol. The number of carbonyl (C=O) groups is 1. The van der Waals surface area contributed by atoms with Crippen LogP contribution in [0, 0.1) is 0 Å². The molecular weight excluding hydrogens is 315 g/mol. The summed E-state index contributed by atoms with van der Waals surface area (Å²) in [5.41, 5.74) is 2.68. The van der Waals surface area contributed by atoms with Gasteiger partial charge in [-0.15, -0.1) is 0 Å². The first-order valence-corrected chi connectivity index (χ1v) is 8.70. The van der Waals surface area contributed by atoms with Crippen LogP contribution in [0.1, 0.15) is 40.2 Å². The molecule has 0 saturated heterocycles. The van der Waals surface area contributed by atoms with Crippen molar-refractivity contribution in [1.29, 1.82) is 0 Å². The van der Waals surface area contributed by atoms with Gasteiger partial charge in [0.15, 0.2) is 0 Å². The molecule has 1 aliphatic heterocycles. The lowest BCUT2D eigenvalue weighted by Crippen LogP contribution is -2.41. The molecular formula is C19H29BN2O3. The first kappa shape index (κ1) is 22.8. The van der Waals surface area contributed by atoms with Crippen molar-refractivity contribution in [3.63, 3.8) is 0 Å². The molecule has 5 nitrogen and oxygen atoms in total. The van der Waals surface area contributed by atoms with Gasteiger partial charge in [0.05, 0.1) is 5.57 Å². The number of amides is 1. The third kappa shape index (κ3) is 7.07. The van der Waals surface area contributed by atoms with E-state index in [2.05, 4.69) is 16.9 Å². The van der Waals surface area contributed by atoms with E-state index in [4.69, 9.17) is 4.65 Å². The van der Waals surface area contributed by atoms with Crippen molar-refractivity contribution >= 4 is 30.4 Å². The maximum absolute atomic E-state index is 12.1. The summed E-state index contributed by atoms with van der Waals surface area (Å²) in [6, 6.07) is 5.41. The molecule has 0 aliphatic carbocycles. The number of rotatable bonds is 4. The highest BCUT2D eigenvalue weighted by Gasteiger charge is 2.25. The molecule has 0 radical (unpaired) electrons. The molecule has 1 aromatic rings. The predicted octanol–water partition coefficient (Wildman–Crippen LogP) is 3.10. The number of carbonyl (C=O) groups excluding carboxylic acids is 1. The zero-order chi connectivity index (χ0) is 19.2. The number of benzene rings is 1. The second kappa shape index (κ2) is 13.2. The highest BCUT2D eigenvalue weighted by atomic mass is 16.5. The number of nitrogens with zero attached hydrogens (tertiary/aromatic N) is 1. The lowest BCUT2D eigenvalue weighted by atomic mass is 9.73. The molecule has 0 spiro atoms. The van der Waals surface area contributed by atoms with Gasteiger partial charge in [0.2, 0.25) is 0 Å². The topological polar surface area (TPSA) is 70.9 Å². The molecule has 0 fully saturated rings. The molecule has 0 unspecified atom stereocenters. The second-order valence-electron chi connectivity index (χ2n) is 4.54. The lowest BCUT2D eigenvalue weighted by molar-refractivity contribution is -0.112. The van der Waals surface area contributed by atoms with Crippen molar-refractivity contribution in [2.24, 2.45) is 4.99 Å². The summed E-state index contributed by atoms with van der Waals surface area (Å²) in [6.07, 6.45) is 5.23. The summed E-state index contributed by atoms with van der Waals surface area (Å²) in [6.45, 7) is 13.9. The van der Waals surface area contributed by atoms with Crippen molar-refractivity contribution in [1.82, 2.24) is 0 Å². The zero-order valence-corrected chi connectivity index (χ0v) is 15.9. The van der Waals surface area contributed by atoms with Crippen LogP contribution in [0.3, 0.4) is 0 Å². The van der Waals surface area contributed by atoms with Crippen molar-refractivity contribution in [3.05, 3.63) is 48.2 Å². The molecule has 1 aliphatic rings. The van der Waals surface area contributed by atoms with Crippen LogP contribution in [0.4, 0.5) is 5.69 Å². The molecule has 0 aromatic heterocycles. The van der Waals surface area contributed by atoms with Gasteiger partial charge in [-0.05, 0) is 36.5 Å². The number of hydrogen-bond acceptors (Lipinski definition) is 4. The molecule has 0 atom stereocenters. The van der Waals surface area contributed by atoms with E-state index in [0.717, 1.165) is 12.0 Å². The Morgan fingerprint density at radius 1 is 1.36 bits per heavy atom. The number of anilines is 1. The minimum Gasteiger partial charge on any atom is -0.423 e. The molecule has 2 N–H and O–H groups in total. The molecule has 136 valence electrons. The summed E-state index contributed by atoms with van der Waals surface area (Å²) >= 11 is 0. The summed E-state index contributed by atoms with van der Waals surface area (Å²) in [7, 11) is -0.940. The quantitative estimate of drug-likeness (QED) is 0.382. The Hall–Kier alpha value is -2.18. The van der Waals surface area contributed by atoms with E-state index in [-0.39, 0.29) is 5.91 Å². The minimum absolute atomic E-state index is 0.304. The lowest BCUT2D eigenvalue weighted by Gasteiger charge is -2.19. The number of hydrogen-bond donors (Lipinski definition) is 2. The molecule has 1 aromatic carbocycles. The van der Waals surface area contributed by atoms with Gasteiger partial charge in [-0.25, -0.2) is 0 Å². The fraction of sp³-hybridized carbons (Fsp3) is 0.368. The maximum atomic E-state index is 12.1. The van der Waals surface area contributed by atoms with Gasteiger partial charge in [0.25, 0.3) is 5.91 Å². The Labute approximate surface area is 151 Å². The first-order chi connectivity index (χ1) is 12.2. The van der Waals surface area contributed by atoms with Crippen molar-refractivity contribution < 1.29 is 14.5 Å². The highest BCUT2D eigenvalue weighted by Crippen LogP contribution is 2.14. The largest absolute Gasteiger partial charge is 0.491 e. The van der Waals surface area contributed by atoms with Crippen LogP contribution in [-0.4, -0.2) is 30.9 Å². The van der Waals surface area contributed by atoms with Gasteiger partial charge >= 0.3 is 7.12 Å². The van der Waals surface area contributed by atoms with E-state index < -0.39 is 7.12 Å². The highest BCUT2D eigenvalue weighted by molar-refractivity contribution is 6.61. The van der Waals surface area contributed by atoms with E-state index >= 15 is 0 Å². The molecule has 6 heteroatoms. The van der Waals surface area contributed by atoms with E-state index in [1.165, 1.54) is 12.3 Å². The van der Waals surface area contributed by atoms with E-state index in [9.17, 15) is 9.82 Å². The Bertz CT molecular complexity index is 613. The predicted molar refractivity (Wildman–Crippen MR) is 107 cm³/mol. The van der Waals surface area contributed by atoms with Crippen LogP contribution in [0.5, 0.6) is 0 Å². The second-order valence-corrected chi connectivity index (χ2v) is 4.54. The minimum atomic E-state index is -0.940. The molecule has 1 amide bonds. The zero-order valence-electron chi connectivity index (χ0n) is 15.9. The fourth-order valence-corrected chi connectivity index (χ4v) is 2.06. The fourth-order valence-electron chi connectivity index (χ4n) is 2.06. The number of aliphatic imine (C=N–C) groups is 1. The smallest absolute Gasteiger partial charge is 0.423 e. The molecule has 0 bridgehead atoms. The first-order valence-electron chi connectivity index (χ1n) is 8.70.